The Bertz CT molecular complexity index is 567. The lowest BCUT2D eigenvalue weighted by Crippen LogP contribution is -3.11. The number of quaternary nitrogens is 1. The molecule has 0 spiro atoms. The van der Waals surface area contributed by atoms with E-state index in [0.29, 0.717) is 15.9 Å². The standard InChI is InChI=1S/C6H5BrN4O.C6H15N/c1-3-4(7)5(12)11-6(10-3)8-2-9-11;1-4-7(5-2)6-3/h2H,1H3,(H,8,9,10);4-6H2,1-3H3/p+1. The molecule has 0 aliphatic rings. The van der Waals surface area contributed by atoms with Gasteiger partial charge in [-0.15, -0.1) is 0 Å². The number of aromatic amines is 1. The van der Waals surface area contributed by atoms with Crippen molar-refractivity contribution in [3.05, 3.63) is 26.8 Å². The van der Waals surface area contributed by atoms with Crippen LogP contribution in [0.3, 0.4) is 0 Å². The fraction of sp³-hybridized carbons (Fsp3) is 0.583. The maximum absolute atomic E-state index is 11.4. The molecule has 2 aromatic heterocycles. The highest BCUT2D eigenvalue weighted by atomic mass is 79.9. The number of halogens is 1. The summed E-state index contributed by atoms with van der Waals surface area (Å²) in [6.07, 6.45) is 1.43. The number of aromatic nitrogens is 4. The lowest BCUT2D eigenvalue weighted by molar-refractivity contribution is -0.894. The van der Waals surface area contributed by atoms with Gasteiger partial charge < -0.3 is 4.90 Å². The highest BCUT2D eigenvalue weighted by molar-refractivity contribution is 9.10. The van der Waals surface area contributed by atoms with Crippen molar-refractivity contribution in [3.63, 3.8) is 0 Å². The van der Waals surface area contributed by atoms with E-state index in [1.54, 1.807) is 11.8 Å². The molecule has 7 heteroatoms. The average molecular weight is 331 g/mol. The first-order valence-corrected chi connectivity index (χ1v) is 7.26. The molecule has 106 valence electrons. The zero-order valence-electron chi connectivity index (χ0n) is 11.8. The molecule has 6 nitrogen and oxygen atoms in total. The minimum absolute atomic E-state index is 0.171. The largest absolute Gasteiger partial charge is 0.336 e. The first kappa shape index (κ1) is 15.8. The van der Waals surface area contributed by atoms with Crippen molar-refractivity contribution >= 4 is 21.7 Å². The lowest BCUT2D eigenvalue weighted by Gasteiger charge is -2.10. The Hall–Kier alpha value is -1.21. The molecule has 0 fully saturated rings. The minimum atomic E-state index is -0.171. The number of nitrogens with one attached hydrogen (secondary N) is 2. The van der Waals surface area contributed by atoms with Gasteiger partial charge in [-0.1, -0.05) is 0 Å². The molecule has 19 heavy (non-hydrogen) atoms. The molecule has 0 saturated heterocycles. The fourth-order valence-corrected chi connectivity index (χ4v) is 1.96. The van der Waals surface area contributed by atoms with Gasteiger partial charge in [-0.05, 0) is 43.6 Å². The monoisotopic (exact) mass is 330 g/mol. The van der Waals surface area contributed by atoms with Crippen LogP contribution in [0.1, 0.15) is 26.5 Å². The van der Waals surface area contributed by atoms with Gasteiger partial charge in [0, 0.05) is 0 Å². The van der Waals surface area contributed by atoms with Gasteiger partial charge in [-0.3, -0.25) is 9.89 Å². The van der Waals surface area contributed by atoms with Crippen LogP contribution in [0.2, 0.25) is 0 Å². The normalized spacial score (nSPS) is 10.6. The van der Waals surface area contributed by atoms with E-state index in [1.165, 1.54) is 30.5 Å². The highest BCUT2D eigenvalue weighted by Gasteiger charge is 2.06. The van der Waals surface area contributed by atoms with Crippen molar-refractivity contribution in [2.45, 2.75) is 27.7 Å². The first-order chi connectivity index (χ1) is 9.04. The molecular weight excluding hydrogens is 310 g/mol. The summed E-state index contributed by atoms with van der Waals surface area (Å²) in [6.45, 7) is 12.2. The number of hydrogen-bond acceptors (Lipinski definition) is 3. The Morgan fingerprint density at radius 3 is 2.37 bits per heavy atom. The van der Waals surface area contributed by atoms with Crippen LogP contribution in [0.25, 0.3) is 5.78 Å². The quantitative estimate of drug-likeness (QED) is 0.857. The van der Waals surface area contributed by atoms with Gasteiger partial charge in [-0.2, -0.15) is 4.52 Å². The van der Waals surface area contributed by atoms with E-state index >= 15 is 0 Å². The van der Waals surface area contributed by atoms with Crippen molar-refractivity contribution < 1.29 is 4.90 Å². The average Bonchev–Trinajstić information content (AvgIpc) is 2.87. The van der Waals surface area contributed by atoms with Crippen LogP contribution < -0.4 is 10.5 Å². The highest BCUT2D eigenvalue weighted by Crippen LogP contribution is 2.07. The number of hydrogen-bond donors (Lipinski definition) is 2. The third-order valence-electron chi connectivity index (χ3n) is 3.04. The SMILES string of the molecule is CC[NH+](CC)CC.Cc1nc2nc[nH]n2c(=O)c1Br. The van der Waals surface area contributed by atoms with E-state index < -0.39 is 0 Å². The van der Waals surface area contributed by atoms with Crippen molar-refractivity contribution in [1.29, 1.82) is 0 Å². The predicted octanol–water partition coefficient (Wildman–Crippen LogP) is 0.420. The molecule has 2 heterocycles. The Balaban J connectivity index is 0.000000224. The fourth-order valence-electron chi connectivity index (χ4n) is 1.69. The van der Waals surface area contributed by atoms with E-state index in [2.05, 4.69) is 51.8 Å². The van der Waals surface area contributed by atoms with Gasteiger partial charge in [0.25, 0.3) is 11.3 Å². The molecule has 0 unspecified atom stereocenters. The van der Waals surface area contributed by atoms with E-state index in [0.717, 1.165) is 0 Å². The molecule has 0 aliphatic carbocycles. The van der Waals surface area contributed by atoms with E-state index in [4.69, 9.17) is 0 Å². The van der Waals surface area contributed by atoms with Crippen LogP contribution in [-0.4, -0.2) is 39.2 Å². The molecule has 0 amide bonds. The summed E-state index contributed by atoms with van der Waals surface area (Å²) in [4.78, 5) is 21.0. The van der Waals surface area contributed by atoms with Gasteiger partial charge in [0.05, 0.1) is 25.3 Å². The zero-order valence-corrected chi connectivity index (χ0v) is 13.4. The third kappa shape index (κ3) is 3.87. The van der Waals surface area contributed by atoms with E-state index in [9.17, 15) is 4.79 Å². The molecule has 2 aromatic rings. The molecule has 2 rings (SSSR count). The van der Waals surface area contributed by atoms with Gasteiger partial charge in [0.15, 0.2) is 0 Å². The van der Waals surface area contributed by atoms with Crippen molar-refractivity contribution in [2.24, 2.45) is 0 Å². The number of H-pyrrole nitrogens is 1. The Kier molecular flexibility index (Phi) is 6.17. The summed E-state index contributed by atoms with van der Waals surface area (Å²) in [5.41, 5.74) is 0.474. The van der Waals surface area contributed by atoms with Crippen LogP contribution >= 0.6 is 15.9 Å². The van der Waals surface area contributed by atoms with Gasteiger partial charge in [-0.25, -0.2) is 9.97 Å². The Morgan fingerprint density at radius 2 is 1.89 bits per heavy atom. The van der Waals surface area contributed by atoms with Gasteiger partial charge in [0.1, 0.15) is 10.8 Å². The molecule has 0 atom stereocenters. The van der Waals surface area contributed by atoms with Crippen LogP contribution in [0.15, 0.2) is 15.6 Å². The second-order valence-corrected chi connectivity index (χ2v) is 4.94. The second kappa shape index (κ2) is 7.40. The first-order valence-electron chi connectivity index (χ1n) is 6.46. The Labute approximate surface area is 121 Å². The molecule has 2 N–H and O–H groups in total. The van der Waals surface area contributed by atoms with Crippen molar-refractivity contribution in [2.75, 3.05) is 19.6 Å². The predicted molar refractivity (Wildman–Crippen MR) is 78.6 cm³/mol. The molecular formula is C12H21BrN5O+. The lowest BCUT2D eigenvalue weighted by atomic mass is 10.4. The molecule has 0 aromatic carbocycles. The summed E-state index contributed by atoms with van der Waals surface area (Å²) < 4.78 is 1.74. The van der Waals surface area contributed by atoms with Crippen molar-refractivity contribution in [3.8, 4) is 0 Å². The van der Waals surface area contributed by atoms with Crippen LogP contribution in [-0.2, 0) is 0 Å². The number of rotatable bonds is 3. The maximum atomic E-state index is 11.4. The van der Waals surface area contributed by atoms with E-state index in [-0.39, 0.29) is 5.56 Å². The van der Waals surface area contributed by atoms with Crippen molar-refractivity contribution in [1.82, 2.24) is 19.6 Å². The number of aryl methyl sites for hydroxylation is 1. The van der Waals surface area contributed by atoms with E-state index in [1.807, 2.05) is 0 Å². The molecule has 0 aliphatic heterocycles. The summed E-state index contributed by atoms with van der Waals surface area (Å²) in [5.74, 6) is 0.390. The minimum Gasteiger partial charge on any atom is -0.336 e. The zero-order chi connectivity index (χ0) is 14.4. The number of nitrogens with zero attached hydrogens (tertiary/aromatic N) is 3. The summed E-state index contributed by atoms with van der Waals surface area (Å²) in [6, 6.07) is 0. The maximum Gasteiger partial charge on any atom is 0.288 e. The molecule has 0 saturated carbocycles. The third-order valence-corrected chi connectivity index (χ3v) is 3.96. The molecule has 0 radical (unpaired) electrons. The smallest absolute Gasteiger partial charge is 0.288 e. The number of fused-ring (bicyclic) bond motifs is 1. The summed E-state index contributed by atoms with van der Waals surface area (Å²) in [5, 5.41) is 2.66. The molecule has 0 bridgehead atoms. The van der Waals surface area contributed by atoms with Gasteiger partial charge in [0.2, 0.25) is 0 Å². The van der Waals surface area contributed by atoms with Crippen LogP contribution in [0, 0.1) is 6.92 Å². The van der Waals surface area contributed by atoms with Crippen LogP contribution in [0.5, 0.6) is 0 Å². The van der Waals surface area contributed by atoms with Gasteiger partial charge >= 0.3 is 0 Å². The summed E-state index contributed by atoms with van der Waals surface area (Å²) in [7, 11) is 0. The van der Waals surface area contributed by atoms with Crippen LogP contribution in [0.4, 0.5) is 0 Å². The summed E-state index contributed by atoms with van der Waals surface area (Å²) >= 11 is 3.14. The Morgan fingerprint density at radius 1 is 1.32 bits per heavy atom. The topological polar surface area (TPSA) is 67.5 Å². The second-order valence-electron chi connectivity index (χ2n) is 4.15.